The number of nitrogens with zero attached hydrogens (tertiary/aromatic N) is 2. The van der Waals surface area contributed by atoms with Gasteiger partial charge in [0.15, 0.2) is 0 Å². The largest absolute Gasteiger partial charge is 0.480 e. The summed E-state index contributed by atoms with van der Waals surface area (Å²) in [6.45, 7) is 10.5. The molecule has 8 nitrogen and oxygen atoms in total. The van der Waals surface area contributed by atoms with Gasteiger partial charge < -0.3 is 20.1 Å². The highest BCUT2D eigenvalue weighted by Gasteiger charge is 2.30. The average molecular weight is 508 g/mol. The first-order valence-corrected chi connectivity index (χ1v) is 13.0. The van der Waals surface area contributed by atoms with Crippen molar-refractivity contribution in [3.05, 3.63) is 59.7 Å². The molecule has 2 aromatic rings. The Labute approximate surface area is 218 Å². The first-order chi connectivity index (χ1) is 17.6. The molecular formula is C29H37N3O5. The number of carboxylic acid groups (broad SMARTS) is 1. The van der Waals surface area contributed by atoms with Gasteiger partial charge in [0.2, 0.25) is 5.91 Å². The summed E-state index contributed by atoms with van der Waals surface area (Å²) >= 11 is 0. The van der Waals surface area contributed by atoms with Gasteiger partial charge in [-0.2, -0.15) is 0 Å². The monoisotopic (exact) mass is 507 g/mol. The predicted molar refractivity (Wildman–Crippen MR) is 141 cm³/mol. The number of fused-ring (bicyclic) bond motifs is 3. The van der Waals surface area contributed by atoms with E-state index in [0.29, 0.717) is 13.1 Å². The van der Waals surface area contributed by atoms with Gasteiger partial charge >= 0.3 is 12.1 Å². The van der Waals surface area contributed by atoms with Gasteiger partial charge in [-0.1, -0.05) is 69.3 Å². The number of alkyl carbamates (subject to hydrolysis) is 1. The van der Waals surface area contributed by atoms with Gasteiger partial charge in [-0.05, 0) is 34.1 Å². The molecular weight excluding hydrogens is 470 g/mol. The molecule has 37 heavy (non-hydrogen) atoms. The first-order valence-electron chi connectivity index (χ1n) is 13.0. The molecule has 198 valence electrons. The topological polar surface area (TPSA) is 99.2 Å². The summed E-state index contributed by atoms with van der Waals surface area (Å²) in [5.74, 6) is -1.38. The van der Waals surface area contributed by atoms with E-state index in [4.69, 9.17) is 4.74 Å². The van der Waals surface area contributed by atoms with Crippen LogP contribution in [0.25, 0.3) is 11.1 Å². The minimum absolute atomic E-state index is 0.0145. The van der Waals surface area contributed by atoms with Gasteiger partial charge in [0.05, 0.1) is 0 Å². The van der Waals surface area contributed by atoms with E-state index in [1.54, 1.807) is 4.90 Å². The van der Waals surface area contributed by atoms with Crippen molar-refractivity contribution < 1.29 is 24.2 Å². The molecule has 1 heterocycles. The minimum Gasteiger partial charge on any atom is -0.480 e. The molecule has 2 N–H and O–H groups in total. The molecule has 4 rings (SSSR count). The standard InChI is InChI=1S/C29H37N3O5/c1-29(2,3)19-31-14-16-32(17-15-31)26(33)13-12-25(27(34)35)30-28(36)37-18-24-22-10-6-4-8-20(22)21-9-5-7-11-23(21)24/h4-11,24-25H,12-19H2,1-3H3,(H,30,36)(H,34,35). The zero-order chi connectivity index (χ0) is 26.6. The maximum Gasteiger partial charge on any atom is 0.407 e. The molecule has 1 fully saturated rings. The Bertz CT molecular complexity index is 1090. The Morgan fingerprint density at radius 1 is 0.973 bits per heavy atom. The van der Waals surface area contributed by atoms with Crippen molar-refractivity contribution >= 4 is 18.0 Å². The Morgan fingerprint density at radius 2 is 1.54 bits per heavy atom. The zero-order valence-corrected chi connectivity index (χ0v) is 21.9. The van der Waals surface area contributed by atoms with E-state index in [0.717, 1.165) is 41.9 Å². The summed E-state index contributed by atoms with van der Waals surface area (Å²) in [6, 6.07) is 14.8. The minimum atomic E-state index is -1.19. The molecule has 0 spiro atoms. The number of amides is 2. The van der Waals surface area contributed by atoms with Gasteiger partial charge in [0.25, 0.3) is 0 Å². The van der Waals surface area contributed by atoms with Crippen LogP contribution in [-0.4, -0.2) is 78.2 Å². The lowest BCUT2D eigenvalue weighted by atomic mass is 9.96. The Hall–Kier alpha value is -3.39. The number of piperazine rings is 1. The fraction of sp³-hybridized carbons (Fsp3) is 0.483. The van der Waals surface area contributed by atoms with E-state index in [1.165, 1.54) is 0 Å². The van der Waals surface area contributed by atoms with Crippen molar-refractivity contribution in [2.24, 2.45) is 5.41 Å². The molecule has 0 radical (unpaired) electrons. The third-order valence-electron chi connectivity index (χ3n) is 7.00. The van der Waals surface area contributed by atoms with Gasteiger partial charge in [-0.3, -0.25) is 9.69 Å². The van der Waals surface area contributed by atoms with Crippen LogP contribution in [0.5, 0.6) is 0 Å². The van der Waals surface area contributed by atoms with Crippen molar-refractivity contribution in [1.82, 2.24) is 15.1 Å². The molecule has 0 bridgehead atoms. The molecule has 1 saturated heterocycles. The van der Waals surface area contributed by atoms with E-state index in [2.05, 4.69) is 43.1 Å². The van der Waals surface area contributed by atoms with Crippen LogP contribution >= 0.6 is 0 Å². The molecule has 2 aromatic carbocycles. The van der Waals surface area contributed by atoms with Crippen molar-refractivity contribution in [1.29, 1.82) is 0 Å². The van der Waals surface area contributed by atoms with Crippen LogP contribution in [0.2, 0.25) is 0 Å². The van der Waals surface area contributed by atoms with Crippen LogP contribution in [0, 0.1) is 5.41 Å². The maximum absolute atomic E-state index is 12.7. The maximum atomic E-state index is 12.7. The average Bonchev–Trinajstić information content (AvgIpc) is 3.18. The number of rotatable bonds is 8. The number of hydrogen-bond acceptors (Lipinski definition) is 5. The molecule has 2 amide bonds. The smallest absolute Gasteiger partial charge is 0.407 e. The number of nitrogens with one attached hydrogen (secondary N) is 1. The van der Waals surface area contributed by atoms with Crippen LogP contribution in [0.4, 0.5) is 4.79 Å². The molecule has 2 aliphatic rings. The highest BCUT2D eigenvalue weighted by molar-refractivity contribution is 5.82. The third kappa shape index (κ3) is 6.68. The van der Waals surface area contributed by atoms with Crippen LogP contribution < -0.4 is 5.32 Å². The van der Waals surface area contributed by atoms with Crippen molar-refractivity contribution in [3.8, 4) is 11.1 Å². The number of carboxylic acids is 1. The van der Waals surface area contributed by atoms with Crippen LogP contribution in [0.3, 0.4) is 0 Å². The number of ether oxygens (including phenoxy) is 1. The van der Waals surface area contributed by atoms with Crippen LogP contribution in [-0.2, 0) is 14.3 Å². The van der Waals surface area contributed by atoms with Crippen molar-refractivity contribution in [2.45, 2.75) is 45.6 Å². The lowest BCUT2D eigenvalue weighted by Gasteiger charge is -2.38. The van der Waals surface area contributed by atoms with E-state index in [-0.39, 0.29) is 36.7 Å². The van der Waals surface area contributed by atoms with E-state index < -0.39 is 18.1 Å². The van der Waals surface area contributed by atoms with E-state index >= 15 is 0 Å². The SMILES string of the molecule is CC(C)(C)CN1CCN(C(=O)CCC(NC(=O)OCC2c3ccccc3-c3ccccc32)C(=O)O)CC1. The molecule has 1 aliphatic heterocycles. The predicted octanol–water partition coefficient (Wildman–Crippen LogP) is 3.95. The molecule has 0 saturated carbocycles. The second-order valence-corrected chi connectivity index (χ2v) is 11.1. The van der Waals surface area contributed by atoms with Gasteiger partial charge in [0.1, 0.15) is 12.6 Å². The van der Waals surface area contributed by atoms with Crippen molar-refractivity contribution in [2.75, 3.05) is 39.3 Å². The van der Waals surface area contributed by atoms with Gasteiger partial charge in [0, 0.05) is 45.1 Å². The zero-order valence-electron chi connectivity index (χ0n) is 21.9. The van der Waals surface area contributed by atoms with E-state index in [9.17, 15) is 19.5 Å². The Morgan fingerprint density at radius 3 is 2.08 bits per heavy atom. The third-order valence-corrected chi connectivity index (χ3v) is 7.00. The number of hydrogen-bond donors (Lipinski definition) is 2. The quantitative estimate of drug-likeness (QED) is 0.561. The summed E-state index contributed by atoms with van der Waals surface area (Å²) in [7, 11) is 0. The van der Waals surface area contributed by atoms with Gasteiger partial charge in [-0.25, -0.2) is 9.59 Å². The summed E-state index contributed by atoms with van der Waals surface area (Å²) in [6.07, 6.45) is -0.724. The van der Waals surface area contributed by atoms with Crippen LogP contribution in [0.15, 0.2) is 48.5 Å². The summed E-state index contributed by atoms with van der Waals surface area (Å²) < 4.78 is 5.48. The summed E-state index contributed by atoms with van der Waals surface area (Å²) in [5, 5.41) is 12.1. The summed E-state index contributed by atoms with van der Waals surface area (Å²) in [4.78, 5) is 41.2. The first kappa shape index (κ1) is 26.7. The lowest BCUT2D eigenvalue weighted by molar-refractivity contribution is -0.140. The number of aliphatic carboxylic acids is 1. The number of benzene rings is 2. The highest BCUT2D eigenvalue weighted by atomic mass is 16.5. The second-order valence-electron chi connectivity index (χ2n) is 11.1. The Balaban J connectivity index is 1.26. The fourth-order valence-corrected chi connectivity index (χ4v) is 5.29. The molecule has 1 unspecified atom stereocenters. The molecule has 1 atom stereocenters. The number of carbonyl (C=O) groups is 3. The molecule has 1 aliphatic carbocycles. The van der Waals surface area contributed by atoms with Crippen LogP contribution in [0.1, 0.15) is 50.7 Å². The second kappa shape index (κ2) is 11.3. The van der Waals surface area contributed by atoms with Crippen molar-refractivity contribution in [3.63, 3.8) is 0 Å². The molecule has 8 heteroatoms. The van der Waals surface area contributed by atoms with E-state index in [1.807, 2.05) is 36.4 Å². The molecule has 0 aromatic heterocycles. The number of carbonyl (C=O) groups excluding carboxylic acids is 2. The lowest BCUT2D eigenvalue weighted by Crippen LogP contribution is -2.50. The Kier molecular flexibility index (Phi) is 8.17. The normalized spacial score (nSPS) is 16.6. The summed E-state index contributed by atoms with van der Waals surface area (Å²) in [5.41, 5.74) is 4.60. The fourth-order valence-electron chi connectivity index (χ4n) is 5.29. The highest BCUT2D eigenvalue weighted by Crippen LogP contribution is 2.44. The van der Waals surface area contributed by atoms with Gasteiger partial charge in [-0.15, -0.1) is 0 Å².